The predicted molar refractivity (Wildman–Crippen MR) is 122 cm³/mol. The van der Waals surface area contributed by atoms with Crippen LogP contribution in [0.4, 0.5) is 5.69 Å². The number of nitrogen functional groups attached to an aromatic ring is 1. The van der Waals surface area contributed by atoms with Crippen molar-refractivity contribution in [1.82, 2.24) is 9.38 Å². The van der Waals surface area contributed by atoms with Crippen molar-refractivity contribution in [1.29, 1.82) is 0 Å². The molecule has 0 atom stereocenters. The van der Waals surface area contributed by atoms with Crippen LogP contribution in [0.5, 0.6) is 0 Å². The molecule has 4 heteroatoms. The summed E-state index contributed by atoms with van der Waals surface area (Å²) in [5, 5.41) is 0. The Morgan fingerprint density at radius 2 is 1.52 bits per heavy atom. The minimum atomic E-state index is -2.40. The second kappa shape index (κ2) is 9.31. The molecule has 0 amide bonds. The minimum absolute atomic E-state index is 0.786. The molecule has 2 N–H and O–H groups in total. The average molecular weight is 472 g/mol. The number of aromatic nitrogens is 2. The standard InChI is InChI=1S/C11H8N3.3C4H9.Sn/c12-8-4-5-10-9(7-8)13-11-3-1-2-6-14(10)11;3*1-3-4-2;/h2-7H,12H2;3*1,3-4H2,2H3;. The molecule has 0 saturated carbocycles. The third kappa shape index (κ3) is 4.44. The molecule has 0 radical (unpaired) electrons. The normalized spacial score (nSPS) is 12.3. The fraction of sp³-hybridized carbons (Fsp3) is 0.522. The van der Waals surface area contributed by atoms with E-state index < -0.39 is 18.4 Å². The number of hydrogen-bond acceptors (Lipinski definition) is 2. The summed E-state index contributed by atoms with van der Waals surface area (Å²) in [6.07, 6.45) is 10.4. The molecular weight excluding hydrogens is 437 g/mol. The Kier molecular flexibility index (Phi) is 7.07. The van der Waals surface area contributed by atoms with E-state index in [2.05, 4.69) is 49.6 Å². The van der Waals surface area contributed by atoms with Crippen molar-refractivity contribution in [2.45, 2.75) is 72.6 Å². The van der Waals surface area contributed by atoms with Crippen LogP contribution in [0.1, 0.15) is 59.3 Å². The van der Waals surface area contributed by atoms with E-state index in [0.29, 0.717) is 0 Å². The first-order valence-corrected chi connectivity index (χ1v) is 18.3. The summed E-state index contributed by atoms with van der Waals surface area (Å²) in [4.78, 5) is 4.91. The Bertz CT molecular complexity index is 862. The number of unbranched alkanes of at least 4 members (excludes halogenated alkanes) is 3. The maximum absolute atomic E-state index is 5.97. The molecule has 3 aromatic rings. The van der Waals surface area contributed by atoms with Crippen LogP contribution >= 0.6 is 0 Å². The summed E-state index contributed by atoms with van der Waals surface area (Å²) in [5.74, 6) is 0. The summed E-state index contributed by atoms with van der Waals surface area (Å²) < 4.78 is 8.40. The van der Waals surface area contributed by atoms with Gasteiger partial charge in [0.15, 0.2) is 0 Å². The average Bonchev–Trinajstić information content (AvgIpc) is 3.04. The van der Waals surface area contributed by atoms with E-state index in [1.165, 1.54) is 51.8 Å². The van der Waals surface area contributed by atoms with Gasteiger partial charge in [-0.25, -0.2) is 0 Å². The third-order valence-corrected chi connectivity index (χ3v) is 21.7. The van der Waals surface area contributed by atoms with Gasteiger partial charge in [-0.2, -0.15) is 0 Å². The fourth-order valence-corrected chi connectivity index (χ4v) is 20.3. The van der Waals surface area contributed by atoms with E-state index in [-0.39, 0.29) is 0 Å². The molecule has 2 heterocycles. The van der Waals surface area contributed by atoms with Gasteiger partial charge in [0, 0.05) is 0 Å². The molecule has 0 spiro atoms. The summed E-state index contributed by atoms with van der Waals surface area (Å²) in [5.41, 5.74) is 10.0. The Balaban J connectivity index is 2.08. The zero-order valence-electron chi connectivity index (χ0n) is 17.3. The number of hydrogen-bond donors (Lipinski definition) is 1. The van der Waals surface area contributed by atoms with Crippen LogP contribution in [0.25, 0.3) is 16.7 Å². The Morgan fingerprint density at radius 3 is 2.11 bits per heavy atom. The quantitative estimate of drug-likeness (QED) is 0.285. The van der Waals surface area contributed by atoms with Crippen LogP contribution < -0.4 is 9.31 Å². The van der Waals surface area contributed by atoms with Crippen molar-refractivity contribution in [3.63, 3.8) is 0 Å². The second-order valence-corrected chi connectivity index (χ2v) is 21.3. The van der Waals surface area contributed by atoms with E-state index in [1.54, 1.807) is 3.58 Å². The number of pyridine rings is 1. The van der Waals surface area contributed by atoms with Gasteiger partial charge in [-0.1, -0.05) is 0 Å². The van der Waals surface area contributed by atoms with E-state index in [0.717, 1.165) is 22.4 Å². The van der Waals surface area contributed by atoms with Crippen LogP contribution in [-0.2, 0) is 0 Å². The topological polar surface area (TPSA) is 43.3 Å². The van der Waals surface area contributed by atoms with Crippen molar-refractivity contribution >= 4 is 44.3 Å². The molecule has 27 heavy (non-hydrogen) atoms. The second-order valence-electron chi connectivity index (χ2n) is 8.09. The molecule has 0 aliphatic heterocycles. The Hall–Kier alpha value is -1.23. The van der Waals surface area contributed by atoms with E-state index in [4.69, 9.17) is 10.7 Å². The number of anilines is 1. The molecule has 0 fully saturated rings. The van der Waals surface area contributed by atoms with Crippen LogP contribution in [-0.4, -0.2) is 27.8 Å². The van der Waals surface area contributed by atoms with Gasteiger partial charge < -0.3 is 0 Å². The zero-order chi connectivity index (χ0) is 19.3. The van der Waals surface area contributed by atoms with Crippen molar-refractivity contribution in [2.24, 2.45) is 0 Å². The van der Waals surface area contributed by atoms with Gasteiger partial charge in [-0.15, -0.1) is 0 Å². The molecule has 0 bridgehead atoms. The molecule has 0 unspecified atom stereocenters. The maximum atomic E-state index is 5.97. The molecule has 3 nitrogen and oxygen atoms in total. The molecule has 1 aromatic carbocycles. The SMILES string of the molecule is CCC[CH2][Sn]([CH2]CCC)([CH2]CCC)[c]1ccn2c(c1)nc1cc(N)ccc12. The number of rotatable bonds is 10. The van der Waals surface area contributed by atoms with Crippen molar-refractivity contribution < 1.29 is 0 Å². The van der Waals surface area contributed by atoms with Crippen LogP contribution in [0.15, 0.2) is 36.5 Å². The zero-order valence-corrected chi connectivity index (χ0v) is 20.2. The molecule has 2 aromatic heterocycles. The van der Waals surface area contributed by atoms with E-state index >= 15 is 0 Å². The fourth-order valence-electron chi connectivity index (χ4n) is 4.42. The first-order chi connectivity index (χ1) is 13.1. The number of benzene rings is 1. The Labute approximate surface area is 168 Å². The first kappa shape index (κ1) is 20.5. The molecule has 0 aliphatic rings. The number of nitrogens with zero attached hydrogens (tertiary/aromatic N) is 2. The van der Waals surface area contributed by atoms with Crippen LogP contribution in [0.3, 0.4) is 0 Å². The van der Waals surface area contributed by atoms with Crippen molar-refractivity contribution in [2.75, 3.05) is 5.73 Å². The van der Waals surface area contributed by atoms with E-state index in [9.17, 15) is 0 Å². The van der Waals surface area contributed by atoms with Crippen LogP contribution in [0, 0.1) is 0 Å². The third-order valence-electron chi connectivity index (χ3n) is 6.07. The van der Waals surface area contributed by atoms with E-state index in [1.807, 2.05) is 12.1 Å². The predicted octanol–water partition coefficient (Wildman–Crippen LogP) is 6.13. The van der Waals surface area contributed by atoms with Gasteiger partial charge in [0.2, 0.25) is 0 Å². The first-order valence-electron chi connectivity index (χ1n) is 10.8. The van der Waals surface area contributed by atoms with Crippen molar-refractivity contribution in [3.8, 4) is 0 Å². The molecular formula is C23H35N3Sn. The molecule has 146 valence electrons. The van der Waals surface area contributed by atoms with Gasteiger partial charge >= 0.3 is 169 Å². The van der Waals surface area contributed by atoms with Gasteiger partial charge in [0.05, 0.1) is 0 Å². The summed E-state index contributed by atoms with van der Waals surface area (Å²) in [6, 6.07) is 10.9. The monoisotopic (exact) mass is 473 g/mol. The van der Waals surface area contributed by atoms with Crippen molar-refractivity contribution in [3.05, 3.63) is 36.5 Å². The van der Waals surface area contributed by atoms with Crippen LogP contribution in [0.2, 0.25) is 13.3 Å². The van der Waals surface area contributed by atoms with Gasteiger partial charge in [0.25, 0.3) is 0 Å². The van der Waals surface area contributed by atoms with Gasteiger partial charge in [-0.3, -0.25) is 0 Å². The number of imidazole rings is 1. The summed E-state index contributed by atoms with van der Waals surface area (Å²) in [7, 11) is 0. The van der Waals surface area contributed by atoms with Gasteiger partial charge in [0.1, 0.15) is 0 Å². The molecule has 3 rings (SSSR count). The molecule has 0 aliphatic carbocycles. The van der Waals surface area contributed by atoms with Gasteiger partial charge in [-0.05, 0) is 0 Å². The summed E-state index contributed by atoms with van der Waals surface area (Å²) >= 11 is -2.40. The number of nitrogens with two attached hydrogens (primary N) is 1. The summed E-state index contributed by atoms with van der Waals surface area (Å²) in [6.45, 7) is 7.02. The molecule has 0 saturated heterocycles. The number of fused-ring (bicyclic) bond motifs is 3. The Morgan fingerprint density at radius 1 is 0.889 bits per heavy atom.